The molecule has 0 saturated carbocycles. The van der Waals surface area contributed by atoms with E-state index >= 15 is 0 Å². The summed E-state index contributed by atoms with van der Waals surface area (Å²) in [4.78, 5) is 43.7. The Hall–Kier alpha value is -2.97. The van der Waals surface area contributed by atoms with Crippen molar-refractivity contribution >= 4 is 24.0 Å². The molecule has 1 aromatic carbocycles. The van der Waals surface area contributed by atoms with Crippen LogP contribution in [0.25, 0.3) is 0 Å². The third kappa shape index (κ3) is 4.06. The molecular formula is C15H16N2O7. The van der Waals surface area contributed by atoms with Crippen molar-refractivity contribution in [2.24, 2.45) is 5.92 Å². The standard InChI is InChI=1S/C15H16N2O7/c1-9(13-12(6-7-18)16-14(13)19)24-15(20)23-8-10-2-4-11(5-3-10)17(21)22/h2-5,7,9,12-13H,6,8H2,1H3,(H,16,19)/t9?,12-,13-/m1/s1. The minimum absolute atomic E-state index is 0.0628. The number of ether oxygens (including phenoxy) is 2. The smallest absolute Gasteiger partial charge is 0.430 e. The van der Waals surface area contributed by atoms with E-state index in [-0.39, 0.29) is 30.7 Å². The molecule has 128 valence electrons. The van der Waals surface area contributed by atoms with Crippen LogP contribution in [-0.4, -0.2) is 35.4 Å². The molecule has 0 aromatic heterocycles. The molecule has 0 radical (unpaired) electrons. The van der Waals surface area contributed by atoms with E-state index in [0.29, 0.717) is 11.8 Å². The highest BCUT2D eigenvalue weighted by molar-refractivity contribution is 5.87. The zero-order valence-corrected chi connectivity index (χ0v) is 12.8. The van der Waals surface area contributed by atoms with E-state index in [0.717, 1.165) is 0 Å². The molecule has 1 aromatic rings. The summed E-state index contributed by atoms with van der Waals surface area (Å²) >= 11 is 0. The summed E-state index contributed by atoms with van der Waals surface area (Å²) < 4.78 is 9.95. The van der Waals surface area contributed by atoms with Gasteiger partial charge in [0.15, 0.2) is 0 Å². The Morgan fingerprint density at radius 2 is 2.08 bits per heavy atom. The minimum Gasteiger partial charge on any atom is -0.430 e. The number of nitro benzene ring substituents is 1. The van der Waals surface area contributed by atoms with Crippen LogP contribution in [0, 0.1) is 16.0 Å². The van der Waals surface area contributed by atoms with Crippen molar-refractivity contribution in [3.8, 4) is 0 Å². The van der Waals surface area contributed by atoms with Gasteiger partial charge in [-0.25, -0.2) is 4.79 Å². The lowest BCUT2D eigenvalue weighted by Gasteiger charge is -2.38. The highest BCUT2D eigenvalue weighted by Gasteiger charge is 2.44. The van der Waals surface area contributed by atoms with Gasteiger partial charge in [0.25, 0.3) is 5.69 Å². The van der Waals surface area contributed by atoms with Crippen LogP contribution in [0.5, 0.6) is 0 Å². The van der Waals surface area contributed by atoms with Crippen molar-refractivity contribution in [2.75, 3.05) is 0 Å². The number of nitrogens with one attached hydrogen (secondary N) is 1. The van der Waals surface area contributed by atoms with E-state index in [1.165, 1.54) is 24.3 Å². The fourth-order valence-electron chi connectivity index (χ4n) is 2.42. The van der Waals surface area contributed by atoms with Crippen LogP contribution in [-0.2, 0) is 25.7 Å². The predicted octanol–water partition coefficient (Wildman–Crippen LogP) is 1.34. The molecule has 1 N–H and O–H groups in total. The monoisotopic (exact) mass is 336 g/mol. The summed E-state index contributed by atoms with van der Waals surface area (Å²) in [6.07, 6.45) is -0.836. The van der Waals surface area contributed by atoms with Crippen molar-refractivity contribution in [3.63, 3.8) is 0 Å². The summed E-state index contributed by atoms with van der Waals surface area (Å²) in [7, 11) is 0. The van der Waals surface area contributed by atoms with Crippen LogP contribution < -0.4 is 5.32 Å². The lowest BCUT2D eigenvalue weighted by Crippen LogP contribution is -2.62. The number of nitro groups is 1. The first-order valence-corrected chi connectivity index (χ1v) is 7.23. The van der Waals surface area contributed by atoms with Gasteiger partial charge in [0.05, 0.1) is 16.9 Å². The van der Waals surface area contributed by atoms with Crippen LogP contribution in [0.4, 0.5) is 10.5 Å². The normalized spacial score (nSPS) is 20.3. The third-order valence-electron chi connectivity index (χ3n) is 3.71. The SMILES string of the molecule is CC(OC(=O)OCc1ccc([N+](=O)[O-])cc1)[C@H]1C(=O)N[C@@H]1CC=O. The zero-order valence-electron chi connectivity index (χ0n) is 12.8. The Balaban J connectivity index is 1.81. The Morgan fingerprint density at radius 3 is 2.62 bits per heavy atom. The Morgan fingerprint density at radius 1 is 1.42 bits per heavy atom. The van der Waals surface area contributed by atoms with Gasteiger partial charge in [-0.3, -0.25) is 14.9 Å². The first-order chi connectivity index (χ1) is 11.4. The number of aldehydes is 1. The molecule has 0 aliphatic carbocycles. The number of benzene rings is 1. The highest BCUT2D eigenvalue weighted by atomic mass is 16.7. The maximum atomic E-state index is 11.7. The van der Waals surface area contributed by atoms with E-state index in [9.17, 15) is 24.5 Å². The largest absolute Gasteiger partial charge is 0.508 e. The molecular weight excluding hydrogens is 320 g/mol. The minimum atomic E-state index is -0.953. The summed E-state index contributed by atoms with van der Waals surface area (Å²) in [5, 5.41) is 13.1. The van der Waals surface area contributed by atoms with Gasteiger partial charge in [-0.1, -0.05) is 0 Å². The third-order valence-corrected chi connectivity index (χ3v) is 3.71. The summed E-state index contributed by atoms with van der Waals surface area (Å²) in [5.74, 6) is -0.861. The number of carbonyl (C=O) groups is 3. The van der Waals surface area contributed by atoms with E-state index in [1.807, 2.05) is 0 Å². The van der Waals surface area contributed by atoms with Gasteiger partial charge >= 0.3 is 6.16 Å². The second-order valence-corrected chi connectivity index (χ2v) is 5.33. The maximum absolute atomic E-state index is 11.7. The van der Waals surface area contributed by atoms with Gasteiger partial charge in [-0.15, -0.1) is 0 Å². The maximum Gasteiger partial charge on any atom is 0.508 e. The van der Waals surface area contributed by atoms with Crippen LogP contribution >= 0.6 is 0 Å². The fourth-order valence-corrected chi connectivity index (χ4v) is 2.42. The molecule has 0 bridgehead atoms. The number of rotatable bonds is 7. The van der Waals surface area contributed by atoms with Gasteiger partial charge in [-0.2, -0.15) is 0 Å². The number of amides is 1. The number of hydrogen-bond donors (Lipinski definition) is 1. The van der Waals surface area contributed by atoms with Crippen LogP contribution in [0.2, 0.25) is 0 Å². The molecule has 1 aliphatic rings. The molecule has 3 atom stereocenters. The van der Waals surface area contributed by atoms with Gasteiger partial charge < -0.3 is 19.6 Å². The molecule has 9 heteroatoms. The van der Waals surface area contributed by atoms with Crippen molar-refractivity contribution in [3.05, 3.63) is 39.9 Å². The number of hydrogen-bond acceptors (Lipinski definition) is 7. The van der Waals surface area contributed by atoms with E-state index in [1.54, 1.807) is 6.92 Å². The molecule has 24 heavy (non-hydrogen) atoms. The van der Waals surface area contributed by atoms with E-state index in [4.69, 9.17) is 9.47 Å². The van der Waals surface area contributed by atoms with E-state index in [2.05, 4.69) is 5.32 Å². The predicted molar refractivity (Wildman–Crippen MR) is 79.9 cm³/mol. The topological polar surface area (TPSA) is 125 Å². The molecule has 0 spiro atoms. The summed E-state index contributed by atoms with van der Waals surface area (Å²) in [5.41, 5.74) is 0.498. The number of carbonyl (C=O) groups excluding carboxylic acids is 3. The summed E-state index contributed by atoms with van der Waals surface area (Å²) in [6, 6.07) is 5.19. The zero-order chi connectivity index (χ0) is 17.7. The van der Waals surface area contributed by atoms with E-state index < -0.39 is 23.1 Å². The molecule has 1 unspecified atom stereocenters. The van der Waals surface area contributed by atoms with Crippen LogP contribution in [0.1, 0.15) is 18.9 Å². The molecule has 9 nitrogen and oxygen atoms in total. The van der Waals surface area contributed by atoms with Crippen LogP contribution in [0.3, 0.4) is 0 Å². The van der Waals surface area contributed by atoms with Crippen molar-refractivity contribution in [1.29, 1.82) is 0 Å². The molecule has 1 fully saturated rings. The Bertz CT molecular complexity index is 642. The molecule has 1 amide bonds. The number of non-ortho nitro benzene ring substituents is 1. The number of β-lactam (4-membered cyclic amide) rings is 1. The van der Waals surface area contributed by atoms with Crippen molar-refractivity contribution < 1.29 is 28.8 Å². The molecule has 2 rings (SSSR count). The average Bonchev–Trinajstić information content (AvgIpc) is 2.52. The van der Waals surface area contributed by atoms with Gasteiger partial charge in [0.2, 0.25) is 5.91 Å². The molecule has 1 aliphatic heterocycles. The quantitative estimate of drug-likeness (QED) is 0.262. The fraction of sp³-hybridized carbons (Fsp3) is 0.400. The van der Waals surface area contributed by atoms with Gasteiger partial charge in [0, 0.05) is 18.6 Å². The van der Waals surface area contributed by atoms with Crippen molar-refractivity contribution in [2.45, 2.75) is 32.1 Å². The van der Waals surface area contributed by atoms with Crippen molar-refractivity contribution in [1.82, 2.24) is 5.32 Å². The second-order valence-electron chi connectivity index (χ2n) is 5.33. The average molecular weight is 336 g/mol. The summed E-state index contributed by atoms with van der Waals surface area (Å²) in [6.45, 7) is 1.44. The second kappa shape index (κ2) is 7.53. The first-order valence-electron chi connectivity index (χ1n) is 7.23. The van der Waals surface area contributed by atoms with Gasteiger partial charge in [-0.05, 0) is 24.6 Å². The first kappa shape index (κ1) is 17.4. The highest BCUT2D eigenvalue weighted by Crippen LogP contribution is 2.23. The Kier molecular flexibility index (Phi) is 5.46. The van der Waals surface area contributed by atoms with Crippen LogP contribution in [0.15, 0.2) is 24.3 Å². The lowest BCUT2D eigenvalue weighted by molar-refractivity contribution is -0.384. The lowest BCUT2D eigenvalue weighted by atomic mass is 9.84. The number of nitrogens with zero attached hydrogens (tertiary/aromatic N) is 1. The molecule has 1 saturated heterocycles. The Labute approximate surface area is 137 Å². The van der Waals surface area contributed by atoms with Gasteiger partial charge in [0.1, 0.15) is 19.0 Å². The molecule has 1 heterocycles.